The molecule has 2 aromatic rings. The summed E-state index contributed by atoms with van der Waals surface area (Å²) in [5, 5.41) is 8.82. The highest BCUT2D eigenvalue weighted by Crippen LogP contribution is 2.42. The van der Waals surface area contributed by atoms with Crippen molar-refractivity contribution < 1.29 is 13.2 Å². The first-order valence-corrected chi connectivity index (χ1v) is 6.36. The fourth-order valence-corrected chi connectivity index (χ4v) is 2.03. The molecule has 0 aliphatic rings. The molecule has 112 valence electrons. The van der Waals surface area contributed by atoms with Gasteiger partial charge in [-0.15, -0.1) is 0 Å². The largest absolute Gasteiger partial charge is 0.394 e. The van der Waals surface area contributed by atoms with Gasteiger partial charge in [0, 0.05) is 0 Å². The molecule has 0 radical (unpaired) electrons. The van der Waals surface area contributed by atoms with Gasteiger partial charge in [0.1, 0.15) is 5.82 Å². The van der Waals surface area contributed by atoms with E-state index in [1.807, 2.05) is 6.07 Å². The SMILES string of the molecule is CC(C)(C[C@H](N)c1nc2cc(C#N)ccc2[nH]1)C(F)(F)F. The molecule has 0 amide bonds. The Hall–Kier alpha value is -2.07. The molecular formula is C14H15F3N4. The van der Waals surface area contributed by atoms with Crippen molar-refractivity contribution >= 4 is 11.0 Å². The van der Waals surface area contributed by atoms with Gasteiger partial charge < -0.3 is 10.7 Å². The van der Waals surface area contributed by atoms with Crippen molar-refractivity contribution in [1.82, 2.24) is 9.97 Å². The third-order valence-electron chi connectivity index (χ3n) is 3.48. The lowest BCUT2D eigenvalue weighted by atomic mass is 9.85. The minimum Gasteiger partial charge on any atom is -0.341 e. The van der Waals surface area contributed by atoms with Crippen LogP contribution in [-0.2, 0) is 0 Å². The number of nitrogens with zero attached hydrogens (tertiary/aromatic N) is 2. The number of fused-ring (bicyclic) bond motifs is 1. The molecular weight excluding hydrogens is 281 g/mol. The molecule has 0 spiro atoms. The third-order valence-corrected chi connectivity index (χ3v) is 3.48. The van der Waals surface area contributed by atoms with Gasteiger partial charge in [0.05, 0.1) is 34.1 Å². The smallest absolute Gasteiger partial charge is 0.341 e. The summed E-state index contributed by atoms with van der Waals surface area (Å²) in [6.45, 7) is 2.23. The molecule has 0 saturated carbocycles. The second-order valence-corrected chi connectivity index (χ2v) is 5.66. The average Bonchev–Trinajstić information content (AvgIpc) is 2.79. The van der Waals surface area contributed by atoms with Gasteiger partial charge >= 0.3 is 6.18 Å². The van der Waals surface area contributed by atoms with Gasteiger partial charge in [0.25, 0.3) is 0 Å². The van der Waals surface area contributed by atoms with E-state index in [0.29, 0.717) is 16.6 Å². The van der Waals surface area contributed by atoms with Gasteiger partial charge in [-0.2, -0.15) is 18.4 Å². The molecule has 0 fully saturated rings. The zero-order valence-corrected chi connectivity index (χ0v) is 11.6. The lowest BCUT2D eigenvalue weighted by Gasteiger charge is -2.29. The highest BCUT2D eigenvalue weighted by atomic mass is 19.4. The first-order valence-electron chi connectivity index (χ1n) is 6.36. The Kier molecular flexibility index (Phi) is 3.68. The zero-order valence-electron chi connectivity index (χ0n) is 11.6. The molecule has 4 nitrogen and oxygen atoms in total. The molecule has 0 aliphatic carbocycles. The normalized spacial score (nSPS) is 14.1. The van der Waals surface area contributed by atoms with Crippen LogP contribution in [0.15, 0.2) is 18.2 Å². The molecule has 3 N–H and O–H groups in total. The van der Waals surface area contributed by atoms with Crippen molar-refractivity contribution in [3.8, 4) is 6.07 Å². The fraction of sp³-hybridized carbons (Fsp3) is 0.429. The number of aromatic nitrogens is 2. The maximum absolute atomic E-state index is 12.9. The molecule has 1 aromatic carbocycles. The summed E-state index contributed by atoms with van der Waals surface area (Å²) >= 11 is 0. The second-order valence-electron chi connectivity index (χ2n) is 5.66. The summed E-state index contributed by atoms with van der Waals surface area (Å²) < 4.78 is 38.7. The van der Waals surface area contributed by atoms with Crippen molar-refractivity contribution in [2.24, 2.45) is 11.1 Å². The predicted molar refractivity (Wildman–Crippen MR) is 72.2 cm³/mol. The highest BCUT2D eigenvalue weighted by Gasteiger charge is 2.48. The second kappa shape index (κ2) is 5.04. The number of rotatable bonds is 3. The molecule has 1 aromatic heterocycles. The Morgan fingerprint density at radius 1 is 1.38 bits per heavy atom. The summed E-state index contributed by atoms with van der Waals surface area (Å²) in [6, 6.07) is 5.95. The number of H-pyrrole nitrogens is 1. The first kappa shape index (κ1) is 15.3. The number of nitrogens with one attached hydrogen (secondary N) is 1. The Bertz CT molecular complexity index is 694. The number of nitrogens with two attached hydrogens (primary N) is 1. The number of alkyl halides is 3. The van der Waals surface area contributed by atoms with E-state index in [-0.39, 0.29) is 12.2 Å². The summed E-state index contributed by atoms with van der Waals surface area (Å²) in [6.07, 6.45) is -4.61. The molecule has 1 atom stereocenters. The van der Waals surface area contributed by atoms with Crippen molar-refractivity contribution in [2.45, 2.75) is 32.5 Å². The van der Waals surface area contributed by atoms with Gasteiger partial charge in [-0.1, -0.05) is 13.8 Å². The van der Waals surface area contributed by atoms with Crippen LogP contribution in [-0.4, -0.2) is 16.1 Å². The summed E-state index contributed by atoms with van der Waals surface area (Å²) in [5.41, 5.74) is 5.55. The minimum absolute atomic E-state index is 0.276. The van der Waals surface area contributed by atoms with E-state index in [4.69, 9.17) is 11.0 Å². The van der Waals surface area contributed by atoms with Crippen molar-refractivity contribution in [3.63, 3.8) is 0 Å². The van der Waals surface area contributed by atoms with Crippen LogP contribution in [0.2, 0.25) is 0 Å². The molecule has 0 aliphatic heterocycles. The predicted octanol–water partition coefficient (Wildman–Crippen LogP) is 3.41. The van der Waals surface area contributed by atoms with Crippen LogP contribution in [0.1, 0.15) is 37.7 Å². The minimum atomic E-state index is -4.33. The number of hydrogen-bond acceptors (Lipinski definition) is 3. The standard InChI is InChI=1S/C14H15F3N4/c1-13(2,14(15,16)17)6-9(19)12-20-10-4-3-8(7-18)5-11(10)21-12/h3-5,9H,6,19H2,1-2H3,(H,20,21)/t9-/m0/s1. The van der Waals surface area contributed by atoms with Gasteiger partial charge in [-0.05, 0) is 24.6 Å². The number of aromatic amines is 1. The molecule has 0 bridgehead atoms. The Morgan fingerprint density at radius 3 is 2.62 bits per heavy atom. The zero-order chi connectivity index (χ0) is 15.8. The number of nitriles is 1. The molecule has 0 unspecified atom stereocenters. The summed E-state index contributed by atoms with van der Waals surface area (Å²) in [7, 11) is 0. The molecule has 2 rings (SSSR count). The van der Waals surface area contributed by atoms with E-state index in [1.54, 1.807) is 18.2 Å². The summed E-state index contributed by atoms with van der Waals surface area (Å²) in [4.78, 5) is 7.10. The Morgan fingerprint density at radius 2 is 2.05 bits per heavy atom. The monoisotopic (exact) mass is 296 g/mol. The van der Waals surface area contributed by atoms with E-state index in [2.05, 4.69) is 9.97 Å². The maximum atomic E-state index is 12.9. The number of hydrogen-bond donors (Lipinski definition) is 2. The number of imidazole rings is 1. The van der Waals surface area contributed by atoms with E-state index in [9.17, 15) is 13.2 Å². The Balaban J connectivity index is 2.28. The van der Waals surface area contributed by atoms with Crippen LogP contribution in [0.4, 0.5) is 13.2 Å². The summed E-state index contributed by atoms with van der Waals surface area (Å²) in [5.74, 6) is 0.289. The van der Waals surface area contributed by atoms with E-state index in [0.717, 1.165) is 13.8 Å². The van der Waals surface area contributed by atoms with E-state index >= 15 is 0 Å². The number of benzene rings is 1. The van der Waals surface area contributed by atoms with E-state index in [1.165, 1.54) is 0 Å². The Labute approximate surface area is 119 Å². The van der Waals surface area contributed by atoms with Gasteiger partial charge in [-0.25, -0.2) is 4.98 Å². The highest BCUT2D eigenvalue weighted by molar-refractivity contribution is 5.76. The quantitative estimate of drug-likeness (QED) is 0.911. The van der Waals surface area contributed by atoms with Crippen molar-refractivity contribution in [2.75, 3.05) is 0 Å². The fourth-order valence-electron chi connectivity index (χ4n) is 2.03. The third kappa shape index (κ3) is 3.00. The van der Waals surface area contributed by atoms with Crippen LogP contribution < -0.4 is 5.73 Å². The molecule has 0 saturated heterocycles. The van der Waals surface area contributed by atoms with E-state index < -0.39 is 17.6 Å². The lowest BCUT2D eigenvalue weighted by molar-refractivity contribution is -0.215. The van der Waals surface area contributed by atoms with Gasteiger partial charge in [-0.3, -0.25) is 0 Å². The topological polar surface area (TPSA) is 78.5 Å². The molecule has 7 heteroatoms. The molecule has 21 heavy (non-hydrogen) atoms. The lowest BCUT2D eigenvalue weighted by Crippen LogP contribution is -2.35. The van der Waals surface area contributed by atoms with Crippen molar-refractivity contribution in [1.29, 1.82) is 5.26 Å². The van der Waals surface area contributed by atoms with Crippen LogP contribution in [0.25, 0.3) is 11.0 Å². The van der Waals surface area contributed by atoms with Gasteiger partial charge in [0.2, 0.25) is 0 Å². The van der Waals surface area contributed by atoms with Gasteiger partial charge in [0.15, 0.2) is 0 Å². The number of halogens is 3. The van der Waals surface area contributed by atoms with Crippen LogP contribution in [0.5, 0.6) is 0 Å². The maximum Gasteiger partial charge on any atom is 0.394 e. The first-order chi connectivity index (χ1) is 9.64. The average molecular weight is 296 g/mol. The van der Waals surface area contributed by atoms with Crippen LogP contribution >= 0.6 is 0 Å². The molecule has 1 heterocycles. The van der Waals surface area contributed by atoms with Crippen LogP contribution in [0.3, 0.4) is 0 Å². The van der Waals surface area contributed by atoms with Crippen molar-refractivity contribution in [3.05, 3.63) is 29.6 Å². The van der Waals surface area contributed by atoms with Crippen LogP contribution in [0, 0.1) is 16.7 Å².